The summed E-state index contributed by atoms with van der Waals surface area (Å²) < 4.78 is 22.2. The second-order valence-electron chi connectivity index (χ2n) is 2.85. The van der Waals surface area contributed by atoms with E-state index in [9.17, 15) is 0 Å². The second-order valence-corrected chi connectivity index (χ2v) is 20.2. The summed E-state index contributed by atoms with van der Waals surface area (Å²) in [5, 5.41) is 0. The topological polar surface area (TPSA) is 36.9 Å². The molecule has 0 atom stereocenters. The van der Waals surface area contributed by atoms with Crippen molar-refractivity contribution in [2.24, 2.45) is 0 Å². The van der Waals surface area contributed by atoms with Gasteiger partial charge in [-0.2, -0.15) is 0 Å². The zero-order chi connectivity index (χ0) is 15.5. The quantitative estimate of drug-likeness (QED) is 0.188. The van der Waals surface area contributed by atoms with Gasteiger partial charge in [-0.15, -0.1) is 0 Å². The highest BCUT2D eigenvalue weighted by molar-refractivity contribution is 9.38. The minimum Gasteiger partial charge on any atom is -0.321 e. The predicted molar refractivity (Wildman–Crippen MR) is 105 cm³/mol. The third-order valence-electron chi connectivity index (χ3n) is 1.42. The van der Waals surface area contributed by atoms with Crippen LogP contribution in [0.4, 0.5) is 0 Å². The van der Waals surface area contributed by atoms with Crippen LogP contribution in [0.25, 0.3) is 0 Å². The largest absolute Gasteiger partial charge is 0.321 e. The normalized spacial score (nSPS) is 12.8. The van der Waals surface area contributed by atoms with E-state index in [2.05, 4.69) is 0 Å². The van der Waals surface area contributed by atoms with Gasteiger partial charge in [0.25, 0.3) is 11.4 Å². The van der Waals surface area contributed by atoms with Crippen molar-refractivity contribution in [2.75, 3.05) is 26.4 Å². The van der Waals surface area contributed by atoms with Crippen LogP contribution < -0.4 is 0 Å². The first-order valence-corrected chi connectivity index (χ1v) is 17.2. The first-order chi connectivity index (χ1) is 9.45. The van der Waals surface area contributed by atoms with Crippen molar-refractivity contribution < 1.29 is 18.1 Å². The maximum Gasteiger partial charge on any atom is 0.258 e. The molecule has 0 aliphatic rings. The van der Waals surface area contributed by atoms with Gasteiger partial charge in [-0.25, -0.2) is 0 Å². The Labute approximate surface area is 147 Å². The summed E-state index contributed by atoms with van der Waals surface area (Å²) in [6, 6.07) is 0. The van der Waals surface area contributed by atoms with Crippen LogP contribution in [0.1, 0.15) is 27.7 Å². The molecule has 0 aromatic heterocycles. The van der Waals surface area contributed by atoms with Crippen LogP contribution in [-0.2, 0) is 41.7 Å². The van der Waals surface area contributed by atoms with Crippen molar-refractivity contribution in [1.82, 2.24) is 0 Å². The molecule has 0 bridgehead atoms. The fraction of sp³-hybridized carbons (Fsp3) is 1.00. The molecule has 0 amide bonds. The Morgan fingerprint density at radius 2 is 0.900 bits per heavy atom. The molecule has 0 fully saturated rings. The van der Waals surface area contributed by atoms with Crippen molar-refractivity contribution >= 4 is 75.5 Å². The van der Waals surface area contributed by atoms with Crippen molar-refractivity contribution in [3.8, 4) is 0 Å². The highest BCUT2D eigenvalue weighted by Crippen LogP contribution is 2.74. The van der Waals surface area contributed by atoms with E-state index in [-0.39, 0.29) is 0 Å². The maximum absolute atomic E-state index is 5.54. The Kier molecular flexibility index (Phi) is 14.5. The Morgan fingerprint density at radius 1 is 0.650 bits per heavy atom. The molecule has 0 saturated carbocycles. The van der Waals surface area contributed by atoms with Crippen molar-refractivity contribution in [3.63, 3.8) is 0 Å². The summed E-state index contributed by atoms with van der Waals surface area (Å²) >= 11 is 10.8. The van der Waals surface area contributed by atoms with Crippen LogP contribution in [0.15, 0.2) is 0 Å². The van der Waals surface area contributed by atoms with Gasteiger partial charge in [-0.1, -0.05) is 0 Å². The van der Waals surface area contributed by atoms with Crippen LogP contribution in [0.3, 0.4) is 0 Å². The lowest BCUT2D eigenvalue weighted by Gasteiger charge is -2.20. The smallest absolute Gasteiger partial charge is 0.258 e. The zero-order valence-corrected chi connectivity index (χ0v) is 18.5. The molecule has 4 nitrogen and oxygen atoms in total. The van der Waals surface area contributed by atoms with E-state index in [1.54, 1.807) is 0 Å². The molecule has 0 radical (unpaired) electrons. The third-order valence-corrected chi connectivity index (χ3v) is 21.4. The Balaban J connectivity index is 4.20. The minimum absolute atomic E-state index is 0.554. The predicted octanol–water partition coefficient (Wildman–Crippen LogP) is 6.26. The Hall–Kier alpha value is 2.54. The number of hydrogen-bond donors (Lipinski definition) is 0. The summed E-state index contributed by atoms with van der Waals surface area (Å²) in [4.78, 5) is 0. The molecule has 0 aromatic rings. The highest BCUT2D eigenvalue weighted by Gasteiger charge is 2.23. The fourth-order valence-electron chi connectivity index (χ4n) is 0.892. The van der Waals surface area contributed by atoms with Crippen LogP contribution >= 0.6 is 51.9 Å². The van der Waals surface area contributed by atoms with Gasteiger partial charge in [0.05, 0.1) is 26.4 Å². The summed E-state index contributed by atoms with van der Waals surface area (Å²) in [5.41, 5.74) is -4.51. The van der Waals surface area contributed by atoms with Gasteiger partial charge in [0.2, 0.25) is 0 Å². The molecule has 12 heteroatoms. The molecule has 0 saturated heterocycles. The molecule has 0 heterocycles. The molecule has 0 rings (SSSR count). The molecular formula is C8H20O4P2S6. The average Bonchev–Trinajstić information content (AvgIpc) is 2.36. The van der Waals surface area contributed by atoms with E-state index in [0.717, 1.165) is 0 Å². The zero-order valence-electron chi connectivity index (χ0n) is 11.8. The summed E-state index contributed by atoms with van der Waals surface area (Å²) in [6.07, 6.45) is 0. The van der Waals surface area contributed by atoms with Crippen molar-refractivity contribution in [3.05, 3.63) is 0 Å². The van der Waals surface area contributed by atoms with Gasteiger partial charge < -0.3 is 18.1 Å². The summed E-state index contributed by atoms with van der Waals surface area (Å²) in [6.45, 7) is 9.87. The third kappa shape index (κ3) is 10.3. The first kappa shape index (κ1) is 22.5. The van der Waals surface area contributed by atoms with Crippen molar-refractivity contribution in [2.45, 2.75) is 27.7 Å². The molecule has 0 aliphatic heterocycles. The van der Waals surface area contributed by atoms with Gasteiger partial charge in [0.1, 0.15) is 0 Å². The summed E-state index contributed by atoms with van der Waals surface area (Å²) in [5.74, 6) is 0. The Bertz CT molecular complexity index is 293. The van der Waals surface area contributed by atoms with Crippen molar-refractivity contribution in [1.29, 1.82) is 0 Å². The monoisotopic (exact) mass is 434 g/mol. The lowest BCUT2D eigenvalue weighted by atomic mass is 10.9. The van der Waals surface area contributed by atoms with E-state index < -0.39 is 11.4 Å². The van der Waals surface area contributed by atoms with Gasteiger partial charge in [0.15, 0.2) is 0 Å². The molecule has 0 N–H and O–H groups in total. The lowest BCUT2D eigenvalue weighted by molar-refractivity contribution is 0.280. The van der Waals surface area contributed by atoms with Crippen LogP contribution in [-0.4, -0.2) is 26.4 Å². The van der Waals surface area contributed by atoms with E-state index >= 15 is 0 Å². The van der Waals surface area contributed by atoms with Gasteiger partial charge in [-0.3, -0.25) is 0 Å². The average molecular weight is 435 g/mol. The molecule has 0 unspecified atom stereocenters. The molecule has 122 valence electrons. The molecule has 0 spiro atoms. The maximum atomic E-state index is 5.54. The Morgan fingerprint density at radius 3 is 1.10 bits per heavy atom. The van der Waals surface area contributed by atoms with E-state index in [1.807, 2.05) is 27.7 Å². The van der Waals surface area contributed by atoms with Gasteiger partial charge in [0, 0.05) is 20.8 Å². The van der Waals surface area contributed by atoms with E-state index in [4.69, 9.17) is 41.7 Å². The summed E-state index contributed by atoms with van der Waals surface area (Å²) in [7, 11) is 5.92. The standard InChI is InChI=1S/C8H20O4P2S6/c1-5-9-13(15,10-6-2)17-19-20-18-14(16,11-7-3)12-8-4/h5-8H2,1-4H3. The van der Waals surface area contributed by atoms with Crippen LogP contribution in [0.2, 0.25) is 0 Å². The second kappa shape index (κ2) is 12.9. The first-order valence-electron chi connectivity index (χ1n) is 5.94. The lowest BCUT2D eigenvalue weighted by Crippen LogP contribution is -1.90. The molecule has 20 heavy (non-hydrogen) atoms. The SMILES string of the molecule is CCOP(=S)(OCC)SSSSP(=S)(OCC)OCC. The number of rotatable bonds is 13. The fourth-order valence-corrected chi connectivity index (χ4v) is 23.1. The van der Waals surface area contributed by atoms with E-state index in [1.165, 1.54) is 40.5 Å². The minimum atomic E-state index is -2.26. The van der Waals surface area contributed by atoms with Crippen LogP contribution in [0.5, 0.6) is 0 Å². The van der Waals surface area contributed by atoms with Crippen LogP contribution in [0, 0.1) is 0 Å². The number of hydrogen-bond acceptors (Lipinski definition) is 10. The van der Waals surface area contributed by atoms with Gasteiger partial charge in [-0.05, 0) is 71.0 Å². The van der Waals surface area contributed by atoms with Gasteiger partial charge >= 0.3 is 0 Å². The highest BCUT2D eigenvalue weighted by atomic mass is 33.8. The molecular weight excluding hydrogens is 414 g/mol. The molecule has 0 aromatic carbocycles. The molecule has 0 aliphatic carbocycles. The van der Waals surface area contributed by atoms with E-state index in [0.29, 0.717) is 26.4 Å².